The number of rotatable bonds is 6. The summed E-state index contributed by atoms with van der Waals surface area (Å²) >= 11 is 1.41. The first kappa shape index (κ1) is 20.0. The maximum atomic E-state index is 12.9. The summed E-state index contributed by atoms with van der Waals surface area (Å²) < 4.78 is 38.8. The minimum atomic E-state index is -4.40. The van der Waals surface area contributed by atoms with Crippen LogP contribution in [0.2, 0.25) is 0 Å². The number of amides is 1. The molecule has 0 spiro atoms. The van der Waals surface area contributed by atoms with E-state index in [1.165, 1.54) is 43.5 Å². The van der Waals surface area contributed by atoms with Crippen LogP contribution in [0.25, 0.3) is 10.9 Å². The third kappa shape index (κ3) is 5.15. The number of anilines is 1. The normalized spacial score (nSPS) is 15.4. The van der Waals surface area contributed by atoms with Gasteiger partial charge in [0.2, 0.25) is 5.91 Å². The molecule has 0 bridgehead atoms. The Labute approximate surface area is 161 Å². The zero-order valence-corrected chi connectivity index (χ0v) is 16.1. The van der Waals surface area contributed by atoms with Crippen molar-refractivity contribution in [2.24, 2.45) is 5.92 Å². The fraction of sp³-hybridized carbons (Fsp3) is 0.500. The Kier molecular flexibility index (Phi) is 6.29. The van der Waals surface area contributed by atoms with Gasteiger partial charge in [-0.3, -0.25) is 4.79 Å². The monoisotopic (exact) mass is 396 g/mol. The Morgan fingerprint density at radius 2 is 2.00 bits per heavy atom. The van der Waals surface area contributed by atoms with Crippen molar-refractivity contribution in [2.45, 2.75) is 56.7 Å². The number of thioether (sulfide) groups is 1. The topological polar surface area (TPSA) is 42.0 Å². The van der Waals surface area contributed by atoms with Crippen LogP contribution in [0.1, 0.15) is 51.0 Å². The Balaban J connectivity index is 1.80. The number of fused-ring (bicyclic) bond motifs is 1. The third-order valence-corrected chi connectivity index (χ3v) is 5.79. The van der Waals surface area contributed by atoms with E-state index in [2.05, 4.69) is 10.3 Å². The van der Waals surface area contributed by atoms with Crippen LogP contribution in [0.15, 0.2) is 29.3 Å². The Morgan fingerprint density at radius 1 is 1.26 bits per heavy atom. The Hall–Kier alpha value is -1.76. The van der Waals surface area contributed by atoms with Gasteiger partial charge in [0.25, 0.3) is 0 Å². The van der Waals surface area contributed by atoms with Crippen molar-refractivity contribution in [3.63, 3.8) is 0 Å². The number of hydrogen-bond acceptors (Lipinski definition) is 3. The average Bonchev–Trinajstić information content (AvgIpc) is 3.13. The van der Waals surface area contributed by atoms with E-state index >= 15 is 0 Å². The van der Waals surface area contributed by atoms with E-state index in [0.29, 0.717) is 34.2 Å². The van der Waals surface area contributed by atoms with Crippen LogP contribution >= 0.6 is 11.8 Å². The molecule has 0 aliphatic heterocycles. The molecule has 0 atom stereocenters. The largest absolute Gasteiger partial charge is 0.416 e. The summed E-state index contributed by atoms with van der Waals surface area (Å²) in [5, 5.41) is 4.04. The summed E-state index contributed by atoms with van der Waals surface area (Å²) in [5.74, 6) is 1.28. The van der Waals surface area contributed by atoms with Gasteiger partial charge < -0.3 is 5.32 Å². The van der Waals surface area contributed by atoms with Gasteiger partial charge in [0.05, 0.1) is 16.8 Å². The highest BCUT2D eigenvalue weighted by Crippen LogP contribution is 2.34. The van der Waals surface area contributed by atoms with E-state index in [0.717, 1.165) is 18.6 Å². The van der Waals surface area contributed by atoms with Crippen LogP contribution in [0, 0.1) is 5.92 Å². The number of pyridine rings is 1. The van der Waals surface area contributed by atoms with Crippen LogP contribution in [-0.2, 0) is 11.0 Å². The second-order valence-electron chi connectivity index (χ2n) is 6.92. The van der Waals surface area contributed by atoms with Gasteiger partial charge in [-0.2, -0.15) is 13.2 Å². The molecule has 0 radical (unpaired) electrons. The number of aromatic nitrogens is 1. The van der Waals surface area contributed by atoms with Crippen LogP contribution in [0.4, 0.5) is 18.9 Å². The summed E-state index contributed by atoms with van der Waals surface area (Å²) in [6, 6.07) is 5.22. The standard InChI is InChI=1S/C20H23F3N2OS/c1-2-27-19-17(24-18(26)10-7-13-5-3-4-6-13)11-14-8-9-15(20(21,22)23)12-16(14)25-19/h8-9,11-13H,2-7,10H2,1H3,(H,24,26). The molecule has 2 aromatic rings. The van der Waals surface area contributed by atoms with E-state index in [4.69, 9.17) is 0 Å². The summed E-state index contributed by atoms with van der Waals surface area (Å²) in [5.41, 5.74) is 0.138. The van der Waals surface area contributed by atoms with Crippen molar-refractivity contribution in [1.29, 1.82) is 0 Å². The lowest BCUT2D eigenvalue weighted by molar-refractivity contribution is -0.137. The Morgan fingerprint density at radius 3 is 2.67 bits per heavy atom. The van der Waals surface area contributed by atoms with E-state index in [1.807, 2.05) is 6.92 Å². The molecule has 1 aliphatic rings. The van der Waals surface area contributed by atoms with Gasteiger partial charge in [0.1, 0.15) is 5.03 Å². The molecule has 1 N–H and O–H groups in total. The van der Waals surface area contributed by atoms with Gasteiger partial charge in [-0.1, -0.05) is 38.7 Å². The maximum absolute atomic E-state index is 12.9. The number of alkyl halides is 3. The van der Waals surface area contributed by atoms with Gasteiger partial charge in [-0.05, 0) is 36.3 Å². The highest BCUT2D eigenvalue weighted by molar-refractivity contribution is 7.99. The number of nitrogens with one attached hydrogen (secondary N) is 1. The lowest BCUT2D eigenvalue weighted by Crippen LogP contribution is -2.14. The van der Waals surface area contributed by atoms with E-state index in [9.17, 15) is 18.0 Å². The number of nitrogens with zero attached hydrogens (tertiary/aromatic N) is 1. The molecule has 146 valence electrons. The molecule has 1 aliphatic carbocycles. The molecule has 1 aromatic carbocycles. The second kappa shape index (κ2) is 8.50. The fourth-order valence-corrected chi connectivity index (χ4v) is 4.21. The summed E-state index contributed by atoms with van der Waals surface area (Å²) in [4.78, 5) is 16.7. The zero-order chi connectivity index (χ0) is 19.4. The smallest absolute Gasteiger partial charge is 0.324 e. The van der Waals surface area contributed by atoms with Gasteiger partial charge in [0.15, 0.2) is 0 Å². The van der Waals surface area contributed by atoms with E-state index in [1.54, 1.807) is 6.07 Å². The highest BCUT2D eigenvalue weighted by atomic mass is 32.2. The van der Waals surface area contributed by atoms with Crippen LogP contribution in [0.3, 0.4) is 0 Å². The average molecular weight is 396 g/mol. The van der Waals surface area contributed by atoms with Crippen molar-refractivity contribution in [2.75, 3.05) is 11.1 Å². The SMILES string of the molecule is CCSc1nc2cc(C(F)(F)F)ccc2cc1NC(=O)CCC1CCCC1. The minimum Gasteiger partial charge on any atom is -0.324 e. The first-order chi connectivity index (χ1) is 12.9. The molecular formula is C20H23F3N2OS. The molecule has 0 saturated heterocycles. The molecule has 0 unspecified atom stereocenters. The summed E-state index contributed by atoms with van der Waals surface area (Å²) in [7, 11) is 0. The number of carbonyl (C=O) groups excluding carboxylic acids is 1. The highest BCUT2D eigenvalue weighted by Gasteiger charge is 2.30. The molecule has 1 aromatic heterocycles. The van der Waals surface area contributed by atoms with Crippen LogP contribution < -0.4 is 5.32 Å². The number of hydrogen-bond donors (Lipinski definition) is 1. The molecular weight excluding hydrogens is 373 g/mol. The molecule has 1 heterocycles. The van der Waals surface area contributed by atoms with Crippen LogP contribution in [-0.4, -0.2) is 16.6 Å². The molecule has 7 heteroatoms. The fourth-order valence-electron chi connectivity index (χ4n) is 3.51. The molecule has 1 fully saturated rings. The maximum Gasteiger partial charge on any atom is 0.416 e. The molecule has 1 amide bonds. The number of carbonyl (C=O) groups is 1. The van der Waals surface area contributed by atoms with Gasteiger partial charge >= 0.3 is 6.18 Å². The predicted molar refractivity (Wildman–Crippen MR) is 103 cm³/mol. The summed E-state index contributed by atoms with van der Waals surface area (Å²) in [6.07, 6.45) is 1.84. The molecule has 1 saturated carbocycles. The van der Waals surface area contributed by atoms with E-state index in [-0.39, 0.29) is 11.4 Å². The Bertz CT molecular complexity index is 817. The summed E-state index contributed by atoms with van der Waals surface area (Å²) in [6.45, 7) is 1.94. The van der Waals surface area contributed by atoms with Crippen molar-refractivity contribution < 1.29 is 18.0 Å². The van der Waals surface area contributed by atoms with Crippen LogP contribution in [0.5, 0.6) is 0 Å². The van der Waals surface area contributed by atoms with Crippen molar-refractivity contribution in [3.8, 4) is 0 Å². The van der Waals surface area contributed by atoms with Gasteiger partial charge in [-0.25, -0.2) is 4.98 Å². The van der Waals surface area contributed by atoms with Crippen molar-refractivity contribution >= 4 is 34.3 Å². The first-order valence-corrected chi connectivity index (χ1v) is 10.3. The predicted octanol–water partition coefficient (Wildman–Crippen LogP) is 6.27. The van der Waals surface area contributed by atoms with Crippen molar-refractivity contribution in [1.82, 2.24) is 4.98 Å². The molecule has 27 heavy (non-hydrogen) atoms. The van der Waals surface area contributed by atoms with Crippen molar-refractivity contribution in [3.05, 3.63) is 29.8 Å². The lowest BCUT2D eigenvalue weighted by Gasteiger charge is -2.13. The van der Waals surface area contributed by atoms with E-state index < -0.39 is 11.7 Å². The second-order valence-corrected chi connectivity index (χ2v) is 8.17. The first-order valence-electron chi connectivity index (χ1n) is 9.31. The minimum absolute atomic E-state index is 0.0621. The lowest BCUT2D eigenvalue weighted by atomic mass is 10.0. The third-order valence-electron chi connectivity index (χ3n) is 4.92. The zero-order valence-electron chi connectivity index (χ0n) is 15.2. The molecule has 3 rings (SSSR count). The number of benzene rings is 1. The quantitative estimate of drug-likeness (QED) is 0.585. The van der Waals surface area contributed by atoms with Gasteiger partial charge in [-0.15, -0.1) is 11.8 Å². The van der Waals surface area contributed by atoms with Gasteiger partial charge in [0, 0.05) is 11.8 Å². The molecule has 3 nitrogen and oxygen atoms in total. The number of halogens is 3.